The number of carbonyl (C=O) groups excluding carboxylic acids is 1. The first-order valence-electron chi connectivity index (χ1n) is 6.23. The van der Waals surface area contributed by atoms with E-state index in [9.17, 15) is 18.0 Å². The van der Waals surface area contributed by atoms with Crippen LogP contribution in [0, 0.1) is 0 Å². The van der Waals surface area contributed by atoms with E-state index in [1.54, 1.807) is 32.2 Å². The second kappa shape index (κ2) is 4.97. The molecule has 110 valence electrons. The zero-order valence-electron chi connectivity index (χ0n) is 11.2. The third-order valence-corrected chi connectivity index (χ3v) is 3.42. The zero-order chi connectivity index (χ0) is 15.1. The number of halogens is 3. The van der Waals surface area contributed by atoms with Crippen LogP contribution < -0.4 is 15.5 Å². The molecule has 7 heteroatoms. The molecule has 0 saturated carbocycles. The van der Waals surface area contributed by atoms with Crippen molar-refractivity contribution >= 4 is 17.3 Å². The van der Waals surface area contributed by atoms with Crippen molar-refractivity contribution in [2.75, 3.05) is 29.9 Å². The van der Waals surface area contributed by atoms with E-state index in [1.165, 1.54) is 9.80 Å². The molecule has 4 nitrogen and oxygen atoms in total. The number of likely N-dealkylation sites (N-methyl/N-ethyl adjacent to an activating group) is 1. The Labute approximate surface area is 114 Å². The number of nitrogens with two attached hydrogens (primary N) is 1. The van der Waals surface area contributed by atoms with E-state index in [0.717, 1.165) is 0 Å². The van der Waals surface area contributed by atoms with Crippen molar-refractivity contribution in [3.05, 3.63) is 23.8 Å². The van der Waals surface area contributed by atoms with Gasteiger partial charge in [-0.1, -0.05) is 6.07 Å². The number of amides is 1. The topological polar surface area (TPSA) is 49.6 Å². The molecule has 2 rings (SSSR count). The zero-order valence-corrected chi connectivity index (χ0v) is 11.2. The average molecular weight is 287 g/mol. The van der Waals surface area contributed by atoms with E-state index < -0.39 is 18.8 Å². The van der Waals surface area contributed by atoms with Crippen LogP contribution >= 0.6 is 0 Å². The highest BCUT2D eigenvalue weighted by Crippen LogP contribution is 2.36. The van der Waals surface area contributed by atoms with E-state index in [2.05, 4.69) is 0 Å². The van der Waals surface area contributed by atoms with Crippen molar-refractivity contribution in [2.45, 2.75) is 19.1 Å². The summed E-state index contributed by atoms with van der Waals surface area (Å²) in [6, 6.07) is 4.03. The molecule has 0 bridgehead atoms. The van der Waals surface area contributed by atoms with Crippen LogP contribution in [0.4, 0.5) is 24.5 Å². The molecule has 1 aromatic carbocycles. The lowest BCUT2D eigenvalue weighted by molar-refractivity contribution is -0.120. The Morgan fingerprint density at radius 2 is 2.05 bits per heavy atom. The minimum Gasteiger partial charge on any atom is -0.363 e. The second-order valence-corrected chi connectivity index (χ2v) is 4.75. The molecule has 1 amide bonds. The fourth-order valence-electron chi connectivity index (χ4n) is 2.34. The first-order chi connectivity index (χ1) is 9.24. The van der Waals surface area contributed by atoms with Crippen molar-refractivity contribution in [3.63, 3.8) is 0 Å². The van der Waals surface area contributed by atoms with E-state index in [0.29, 0.717) is 16.9 Å². The van der Waals surface area contributed by atoms with Crippen LogP contribution in [0.3, 0.4) is 0 Å². The van der Waals surface area contributed by atoms with Gasteiger partial charge in [-0.15, -0.1) is 0 Å². The summed E-state index contributed by atoms with van der Waals surface area (Å²) >= 11 is 0. The van der Waals surface area contributed by atoms with Gasteiger partial charge in [0.1, 0.15) is 12.6 Å². The molecule has 1 aliphatic rings. The Morgan fingerprint density at radius 3 is 2.60 bits per heavy atom. The lowest BCUT2D eigenvalue weighted by Gasteiger charge is -2.25. The van der Waals surface area contributed by atoms with Crippen LogP contribution in [0.2, 0.25) is 0 Å². The van der Waals surface area contributed by atoms with Crippen molar-refractivity contribution in [1.29, 1.82) is 0 Å². The SMILES string of the molecule is CCN(CC(F)(F)F)c1ccc2c(c1)N(C)C(=O)C2N. The fraction of sp³-hybridized carbons (Fsp3) is 0.462. The smallest absolute Gasteiger partial charge is 0.363 e. The first-order valence-corrected chi connectivity index (χ1v) is 6.23. The van der Waals surface area contributed by atoms with Crippen molar-refractivity contribution < 1.29 is 18.0 Å². The third kappa shape index (κ3) is 2.58. The summed E-state index contributed by atoms with van der Waals surface area (Å²) in [5.41, 5.74) is 7.40. The Hall–Kier alpha value is -1.76. The molecule has 1 aliphatic heterocycles. The molecule has 2 N–H and O–H groups in total. The van der Waals surface area contributed by atoms with Crippen LogP contribution in [-0.4, -0.2) is 32.2 Å². The van der Waals surface area contributed by atoms with Gasteiger partial charge in [0.05, 0.1) is 5.69 Å². The number of rotatable bonds is 3. The normalized spacial score (nSPS) is 18.4. The first kappa shape index (κ1) is 14.6. The molecule has 0 spiro atoms. The summed E-state index contributed by atoms with van der Waals surface area (Å²) < 4.78 is 37.6. The molecule has 1 heterocycles. The standard InChI is InChI=1S/C13H16F3N3O/c1-3-19(7-13(14,15)16)8-4-5-9-10(6-8)18(2)12(20)11(9)17/h4-6,11H,3,7,17H2,1-2H3. The van der Waals surface area contributed by atoms with E-state index in [1.807, 2.05) is 0 Å². The van der Waals surface area contributed by atoms with Crippen molar-refractivity contribution in [1.82, 2.24) is 0 Å². The Balaban J connectivity index is 2.34. The minimum absolute atomic E-state index is 0.224. The van der Waals surface area contributed by atoms with Gasteiger partial charge in [-0.25, -0.2) is 0 Å². The molecular weight excluding hydrogens is 271 g/mol. The van der Waals surface area contributed by atoms with Gasteiger partial charge >= 0.3 is 6.18 Å². The van der Waals surface area contributed by atoms with E-state index >= 15 is 0 Å². The van der Waals surface area contributed by atoms with Crippen molar-refractivity contribution in [3.8, 4) is 0 Å². The summed E-state index contributed by atoms with van der Waals surface area (Å²) in [4.78, 5) is 14.3. The summed E-state index contributed by atoms with van der Waals surface area (Å²) in [6.45, 7) is 0.855. The highest BCUT2D eigenvalue weighted by molar-refractivity contribution is 6.04. The van der Waals surface area contributed by atoms with Crippen LogP contribution in [0.25, 0.3) is 0 Å². The van der Waals surface area contributed by atoms with Gasteiger partial charge < -0.3 is 15.5 Å². The van der Waals surface area contributed by atoms with Crippen molar-refractivity contribution in [2.24, 2.45) is 5.73 Å². The molecule has 1 aromatic rings. The number of fused-ring (bicyclic) bond motifs is 1. The van der Waals surface area contributed by atoms with Gasteiger partial charge in [-0.2, -0.15) is 13.2 Å². The fourth-order valence-corrected chi connectivity index (χ4v) is 2.34. The highest BCUT2D eigenvalue weighted by Gasteiger charge is 2.34. The van der Waals surface area contributed by atoms with Crippen LogP contribution in [0.15, 0.2) is 18.2 Å². The molecule has 0 saturated heterocycles. The monoisotopic (exact) mass is 287 g/mol. The molecule has 0 aromatic heterocycles. The molecular formula is C13H16F3N3O. The summed E-state index contributed by atoms with van der Waals surface area (Å²) in [6.07, 6.45) is -4.27. The number of hydrogen-bond acceptors (Lipinski definition) is 3. The maximum absolute atomic E-state index is 12.5. The lowest BCUT2D eigenvalue weighted by Crippen LogP contribution is -2.34. The van der Waals surface area contributed by atoms with E-state index in [4.69, 9.17) is 5.73 Å². The number of carbonyl (C=O) groups is 1. The minimum atomic E-state index is -4.27. The van der Waals surface area contributed by atoms with Gasteiger partial charge in [0.25, 0.3) is 0 Å². The number of benzene rings is 1. The van der Waals surface area contributed by atoms with Gasteiger partial charge in [0.2, 0.25) is 5.91 Å². The second-order valence-electron chi connectivity index (χ2n) is 4.75. The number of hydrogen-bond donors (Lipinski definition) is 1. The van der Waals surface area contributed by atoms with Gasteiger partial charge in [-0.3, -0.25) is 4.79 Å². The predicted octanol–water partition coefficient (Wildman–Crippen LogP) is 2.05. The van der Waals surface area contributed by atoms with Crippen LogP contribution in [-0.2, 0) is 4.79 Å². The maximum Gasteiger partial charge on any atom is 0.405 e. The lowest BCUT2D eigenvalue weighted by atomic mass is 10.1. The van der Waals surface area contributed by atoms with Gasteiger partial charge in [0.15, 0.2) is 0 Å². The Bertz CT molecular complexity index is 530. The quantitative estimate of drug-likeness (QED) is 0.925. The highest BCUT2D eigenvalue weighted by atomic mass is 19.4. The Kier molecular flexibility index (Phi) is 3.64. The number of alkyl halides is 3. The van der Waals surface area contributed by atoms with E-state index in [-0.39, 0.29) is 12.5 Å². The predicted molar refractivity (Wildman–Crippen MR) is 70.7 cm³/mol. The van der Waals surface area contributed by atoms with Crippen LogP contribution in [0.1, 0.15) is 18.5 Å². The van der Waals surface area contributed by atoms with Crippen LogP contribution in [0.5, 0.6) is 0 Å². The maximum atomic E-state index is 12.5. The molecule has 1 unspecified atom stereocenters. The Morgan fingerprint density at radius 1 is 1.40 bits per heavy atom. The number of anilines is 2. The largest absolute Gasteiger partial charge is 0.405 e. The third-order valence-electron chi connectivity index (χ3n) is 3.42. The molecule has 0 radical (unpaired) electrons. The number of nitrogens with zero attached hydrogens (tertiary/aromatic N) is 2. The molecule has 20 heavy (non-hydrogen) atoms. The summed E-state index contributed by atoms with van der Waals surface area (Å²) in [5, 5.41) is 0. The van der Waals surface area contributed by atoms with Gasteiger partial charge in [0, 0.05) is 24.8 Å². The molecule has 0 fully saturated rings. The molecule has 1 atom stereocenters. The molecule has 0 aliphatic carbocycles. The summed E-state index contributed by atoms with van der Waals surface area (Å²) in [7, 11) is 1.57. The van der Waals surface area contributed by atoms with Gasteiger partial charge in [-0.05, 0) is 19.1 Å². The summed E-state index contributed by atoms with van der Waals surface area (Å²) in [5.74, 6) is -0.254. The average Bonchev–Trinajstić information content (AvgIpc) is 2.60.